The zero-order chi connectivity index (χ0) is 23.8. The highest BCUT2D eigenvalue weighted by molar-refractivity contribution is 6.00. The van der Waals surface area contributed by atoms with Crippen LogP contribution in [0.4, 0.5) is 11.8 Å². The molecule has 0 bridgehead atoms. The predicted octanol–water partition coefficient (Wildman–Crippen LogP) is 5.00. The number of nitrogens with two attached hydrogens (primary N) is 2. The van der Waals surface area contributed by atoms with Crippen molar-refractivity contribution in [2.24, 2.45) is 0 Å². The van der Waals surface area contributed by atoms with Gasteiger partial charge in [0.2, 0.25) is 5.95 Å². The van der Waals surface area contributed by atoms with Gasteiger partial charge in [-0.05, 0) is 55.5 Å². The van der Waals surface area contributed by atoms with Crippen molar-refractivity contribution >= 4 is 22.8 Å². The van der Waals surface area contributed by atoms with Crippen LogP contribution in [0.2, 0.25) is 0 Å². The summed E-state index contributed by atoms with van der Waals surface area (Å²) in [5, 5.41) is 5.18. The number of fused-ring (bicyclic) bond motifs is 1. The first-order chi connectivity index (χ1) is 17.2. The summed E-state index contributed by atoms with van der Waals surface area (Å²) < 4.78 is 10.1. The Hall–Kier alpha value is -4.40. The van der Waals surface area contributed by atoms with E-state index >= 15 is 0 Å². The molecule has 0 aliphatic heterocycles. The number of rotatable bonds is 5. The van der Waals surface area contributed by atoms with E-state index in [1.807, 2.05) is 47.1 Å². The molecule has 2 aromatic carbocycles. The first-order valence-electron chi connectivity index (χ1n) is 11.8. The number of ether oxygens (including phenoxy) is 1. The van der Waals surface area contributed by atoms with Crippen LogP contribution in [-0.4, -0.2) is 29.3 Å². The molecule has 0 atom stereocenters. The van der Waals surface area contributed by atoms with Crippen LogP contribution in [0, 0.1) is 0 Å². The Morgan fingerprint density at radius 2 is 1.51 bits per heavy atom. The van der Waals surface area contributed by atoms with E-state index < -0.39 is 0 Å². The molecule has 9 nitrogen and oxygen atoms in total. The third-order valence-corrected chi connectivity index (χ3v) is 6.74. The Balaban J connectivity index is 1.29. The monoisotopic (exact) mass is 466 g/mol. The molecule has 4 N–H and O–H groups in total. The van der Waals surface area contributed by atoms with Gasteiger partial charge in [0.15, 0.2) is 0 Å². The molecule has 9 heteroatoms. The van der Waals surface area contributed by atoms with Gasteiger partial charge in [-0.1, -0.05) is 30.3 Å². The second kappa shape index (κ2) is 8.75. The summed E-state index contributed by atoms with van der Waals surface area (Å²) in [6.07, 6.45) is 9.42. The molecular weight excluding hydrogens is 440 g/mol. The summed E-state index contributed by atoms with van der Waals surface area (Å²) in [7, 11) is 0. The quantitative estimate of drug-likeness (QED) is 0.373. The van der Waals surface area contributed by atoms with Crippen molar-refractivity contribution in [2.75, 3.05) is 11.5 Å². The number of anilines is 2. The van der Waals surface area contributed by atoms with Crippen molar-refractivity contribution in [3.05, 3.63) is 73.4 Å². The summed E-state index contributed by atoms with van der Waals surface area (Å²) in [6, 6.07) is 18.4. The number of nitrogen functional groups attached to an aromatic ring is 2. The lowest BCUT2D eigenvalue weighted by Crippen LogP contribution is -2.21. The molecule has 6 rings (SSSR count). The van der Waals surface area contributed by atoms with Crippen LogP contribution in [-0.2, 0) is 0 Å². The maximum atomic E-state index is 6.35. The molecule has 1 aliphatic rings. The number of benzene rings is 2. The van der Waals surface area contributed by atoms with Crippen molar-refractivity contribution in [1.82, 2.24) is 29.3 Å². The topological polar surface area (TPSA) is 123 Å². The molecule has 0 unspecified atom stereocenters. The molecule has 0 spiro atoms. The normalized spacial score (nSPS) is 18.1. The highest BCUT2D eigenvalue weighted by Gasteiger charge is 2.27. The molecule has 1 fully saturated rings. The number of para-hydroxylation sites is 1. The second-order valence-electron chi connectivity index (χ2n) is 8.89. The zero-order valence-corrected chi connectivity index (χ0v) is 19.2. The molecule has 1 aliphatic carbocycles. The van der Waals surface area contributed by atoms with E-state index in [9.17, 15) is 0 Å². The Bertz CT molecular complexity index is 1450. The van der Waals surface area contributed by atoms with Crippen molar-refractivity contribution in [3.8, 4) is 22.6 Å². The van der Waals surface area contributed by atoms with E-state index in [2.05, 4.69) is 42.9 Å². The summed E-state index contributed by atoms with van der Waals surface area (Å²) in [5.41, 5.74) is 15.0. The van der Waals surface area contributed by atoms with E-state index in [1.165, 1.54) is 0 Å². The van der Waals surface area contributed by atoms with Gasteiger partial charge >= 0.3 is 0 Å². The lowest BCUT2D eigenvalue weighted by Gasteiger charge is -2.29. The first-order valence-corrected chi connectivity index (χ1v) is 11.8. The van der Waals surface area contributed by atoms with Gasteiger partial charge in [-0.15, -0.1) is 5.10 Å². The Morgan fingerprint density at radius 1 is 0.800 bits per heavy atom. The summed E-state index contributed by atoms with van der Waals surface area (Å²) in [4.78, 5) is 13.0. The van der Waals surface area contributed by atoms with Crippen molar-refractivity contribution in [2.45, 2.75) is 37.8 Å². The minimum absolute atomic E-state index is 0.314. The van der Waals surface area contributed by atoms with Crippen LogP contribution in [0.15, 0.2) is 73.4 Å². The van der Waals surface area contributed by atoms with Crippen LogP contribution in [0.1, 0.15) is 37.8 Å². The highest BCUT2D eigenvalue weighted by Crippen LogP contribution is 2.40. The molecule has 0 amide bonds. The van der Waals surface area contributed by atoms with Crippen LogP contribution >= 0.6 is 0 Å². The average Bonchev–Trinajstić information content (AvgIpc) is 3.50. The van der Waals surface area contributed by atoms with Gasteiger partial charge in [-0.25, -0.2) is 19.6 Å². The Kier molecular flexibility index (Phi) is 5.29. The van der Waals surface area contributed by atoms with Crippen molar-refractivity contribution < 1.29 is 4.74 Å². The van der Waals surface area contributed by atoms with Crippen LogP contribution in [0.5, 0.6) is 11.5 Å². The Labute approximate surface area is 202 Å². The summed E-state index contributed by atoms with van der Waals surface area (Å²) in [6.45, 7) is 0. The molecule has 3 heterocycles. The fourth-order valence-corrected chi connectivity index (χ4v) is 5.00. The average molecular weight is 467 g/mol. The first kappa shape index (κ1) is 21.2. The SMILES string of the molecule is Nc1ncn(C2CCC(n3cc(-c4ccc(Oc5ccccc5)cc4)c4c(N)ncnc43)CC2)n1. The van der Waals surface area contributed by atoms with Crippen LogP contribution < -0.4 is 16.2 Å². The molecular formula is C26H26N8O. The highest BCUT2D eigenvalue weighted by atomic mass is 16.5. The Morgan fingerprint density at radius 3 is 2.23 bits per heavy atom. The van der Waals surface area contributed by atoms with E-state index in [0.717, 1.165) is 59.3 Å². The lowest BCUT2D eigenvalue weighted by molar-refractivity contribution is 0.264. The minimum atomic E-state index is 0.314. The third-order valence-electron chi connectivity index (χ3n) is 6.74. The molecule has 5 aromatic rings. The lowest BCUT2D eigenvalue weighted by atomic mass is 9.91. The minimum Gasteiger partial charge on any atom is -0.457 e. The van der Waals surface area contributed by atoms with E-state index in [0.29, 0.717) is 23.8 Å². The van der Waals surface area contributed by atoms with Gasteiger partial charge in [-0.2, -0.15) is 0 Å². The molecule has 0 saturated heterocycles. The van der Waals surface area contributed by atoms with Gasteiger partial charge in [0.05, 0.1) is 11.4 Å². The molecule has 0 radical (unpaired) electrons. The number of hydrogen-bond acceptors (Lipinski definition) is 7. The van der Waals surface area contributed by atoms with Gasteiger partial charge in [0.1, 0.15) is 35.6 Å². The second-order valence-corrected chi connectivity index (χ2v) is 8.89. The summed E-state index contributed by atoms with van der Waals surface area (Å²) >= 11 is 0. The largest absolute Gasteiger partial charge is 0.457 e. The molecule has 3 aromatic heterocycles. The van der Waals surface area contributed by atoms with Gasteiger partial charge in [0, 0.05) is 17.8 Å². The fraction of sp³-hybridized carbons (Fsp3) is 0.231. The van der Waals surface area contributed by atoms with Gasteiger partial charge in [-0.3, -0.25) is 0 Å². The molecule has 35 heavy (non-hydrogen) atoms. The molecule has 176 valence electrons. The summed E-state index contributed by atoms with van der Waals surface area (Å²) in [5.74, 6) is 2.39. The third kappa shape index (κ3) is 4.05. The van der Waals surface area contributed by atoms with E-state index in [4.69, 9.17) is 16.2 Å². The van der Waals surface area contributed by atoms with Crippen molar-refractivity contribution in [3.63, 3.8) is 0 Å². The van der Waals surface area contributed by atoms with Gasteiger partial charge in [0.25, 0.3) is 0 Å². The van der Waals surface area contributed by atoms with Gasteiger partial charge < -0.3 is 20.8 Å². The van der Waals surface area contributed by atoms with Crippen LogP contribution in [0.3, 0.4) is 0 Å². The maximum Gasteiger partial charge on any atom is 0.239 e. The van der Waals surface area contributed by atoms with Crippen LogP contribution in [0.25, 0.3) is 22.2 Å². The number of nitrogens with zero attached hydrogens (tertiary/aromatic N) is 6. The predicted molar refractivity (Wildman–Crippen MR) is 135 cm³/mol. The van der Waals surface area contributed by atoms with E-state index in [1.54, 1.807) is 12.7 Å². The fourth-order valence-electron chi connectivity index (χ4n) is 5.00. The smallest absolute Gasteiger partial charge is 0.239 e. The van der Waals surface area contributed by atoms with Crippen molar-refractivity contribution in [1.29, 1.82) is 0 Å². The number of aromatic nitrogens is 6. The standard InChI is InChI=1S/C26H26N8O/c27-24-23-22(17-6-12-21(13-7-17)35-20-4-2-1-3-5-20)14-33(25(23)30-15-29-24)18-8-10-19(11-9-18)34-16-31-26(28)32-34/h1-7,12-16,18-19H,8-11H2,(H2,28,32)(H2,27,29,30). The molecule has 1 saturated carbocycles. The van der Waals surface area contributed by atoms with E-state index in [-0.39, 0.29) is 0 Å². The maximum absolute atomic E-state index is 6.35. The zero-order valence-electron chi connectivity index (χ0n) is 19.2. The number of hydrogen-bond donors (Lipinski definition) is 2.